The number of ether oxygens (including phenoxy) is 1. The fraction of sp³-hybridized carbons (Fsp3) is 0. The summed E-state index contributed by atoms with van der Waals surface area (Å²) in [6, 6.07) is 13.1. The van der Waals surface area contributed by atoms with Gasteiger partial charge >= 0.3 is 0 Å². The summed E-state index contributed by atoms with van der Waals surface area (Å²) in [4.78, 5) is 0. The molecule has 4 aromatic rings. The van der Waals surface area contributed by atoms with Crippen LogP contribution in [-0.2, 0) is 0 Å². The molecule has 4 rings (SSSR count). The molecule has 2 aromatic carbocycles. The molecule has 0 aliphatic heterocycles. The van der Waals surface area contributed by atoms with Crippen LogP contribution in [0.25, 0.3) is 16.8 Å². The van der Waals surface area contributed by atoms with Gasteiger partial charge in [0.05, 0.1) is 0 Å². The lowest BCUT2D eigenvalue weighted by atomic mass is 10.0. The van der Waals surface area contributed by atoms with Gasteiger partial charge in [0.2, 0.25) is 11.2 Å². The van der Waals surface area contributed by atoms with E-state index in [4.69, 9.17) is 16.3 Å². The van der Waals surface area contributed by atoms with Crippen LogP contribution in [0.1, 0.15) is 0 Å². The number of hydrogen-bond donors (Lipinski definition) is 0. The summed E-state index contributed by atoms with van der Waals surface area (Å²) < 4.78 is 34.8. The lowest BCUT2D eigenvalue weighted by molar-refractivity contribution is 0.452. The maximum absolute atomic E-state index is 14.1. The van der Waals surface area contributed by atoms with Crippen LogP contribution in [0.4, 0.5) is 8.78 Å². The zero-order chi connectivity index (χ0) is 17.4. The van der Waals surface area contributed by atoms with Crippen LogP contribution >= 0.6 is 11.6 Å². The molecule has 0 N–H and O–H groups in total. The van der Waals surface area contributed by atoms with Gasteiger partial charge in [0.15, 0.2) is 5.65 Å². The largest absolute Gasteiger partial charge is 0.437 e. The van der Waals surface area contributed by atoms with Gasteiger partial charge in [-0.25, -0.2) is 8.78 Å². The SMILES string of the molecule is Fc1ccc(Oc2ccc3nnc(Cl)n3n2)c(-c2ccccc2F)c1. The number of hydrogen-bond acceptors (Lipinski definition) is 4. The molecule has 0 saturated heterocycles. The van der Waals surface area contributed by atoms with Gasteiger partial charge in [-0.15, -0.1) is 15.3 Å². The van der Waals surface area contributed by atoms with Gasteiger partial charge in [-0.1, -0.05) is 18.2 Å². The second-order valence-corrected chi connectivity index (χ2v) is 5.47. The Morgan fingerprint density at radius 3 is 2.60 bits per heavy atom. The Morgan fingerprint density at radius 1 is 0.920 bits per heavy atom. The average Bonchev–Trinajstić information content (AvgIpc) is 2.98. The van der Waals surface area contributed by atoms with Crippen LogP contribution < -0.4 is 4.74 Å². The van der Waals surface area contributed by atoms with Gasteiger partial charge in [0.1, 0.15) is 17.4 Å². The van der Waals surface area contributed by atoms with E-state index in [1.54, 1.807) is 30.3 Å². The third-order valence-corrected chi connectivity index (χ3v) is 3.76. The first-order valence-corrected chi connectivity index (χ1v) is 7.60. The quantitative estimate of drug-likeness (QED) is 0.540. The lowest BCUT2D eigenvalue weighted by Gasteiger charge is -2.11. The van der Waals surface area contributed by atoms with Gasteiger partial charge < -0.3 is 4.74 Å². The predicted molar refractivity (Wildman–Crippen MR) is 87.7 cm³/mol. The standard InChI is InChI=1S/C17H9ClF2N4O/c18-17-22-21-15-7-8-16(23-24(15)17)25-14-6-5-10(19)9-12(14)11-3-1-2-4-13(11)20/h1-9H. The first-order chi connectivity index (χ1) is 12.1. The predicted octanol–water partition coefficient (Wildman–Crippen LogP) is 4.52. The van der Waals surface area contributed by atoms with Gasteiger partial charge in [0, 0.05) is 17.2 Å². The zero-order valence-electron chi connectivity index (χ0n) is 12.5. The van der Waals surface area contributed by atoms with Crippen molar-refractivity contribution in [3.63, 3.8) is 0 Å². The highest BCUT2D eigenvalue weighted by atomic mass is 35.5. The lowest BCUT2D eigenvalue weighted by Crippen LogP contribution is -1.97. The van der Waals surface area contributed by atoms with Crippen molar-refractivity contribution in [1.82, 2.24) is 19.8 Å². The second kappa shape index (κ2) is 6.10. The van der Waals surface area contributed by atoms with E-state index in [9.17, 15) is 8.78 Å². The Kier molecular flexibility index (Phi) is 3.77. The Labute approximate surface area is 145 Å². The monoisotopic (exact) mass is 358 g/mol. The van der Waals surface area contributed by atoms with E-state index in [1.165, 1.54) is 28.8 Å². The average molecular weight is 359 g/mol. The van der Waals surface area contributed by atoms with E-state index in [0.717, 1.165) is 0 Å². The van der Waals surface area contributed by atoms with Crippen molar-refractivity contribution in [3.8, 4) is 22.8 Å². The maximum Gasteiger partial charge on any atom is 0.246 e. The maximum atomic E-state index is 14.1. The van der Waals surface area contributed by atoms with Crippen LogP contribution in [0.15, 0.2) is 54.6 Å². The van der Waals surface area contributed by atoms with Crippen LogP contribution in [0.3, 0.4) is 0 Å². The summed E-state index contributed by atoms with van der Waals surface area (Å²) in [6.45, 7) is 0. The summed E-state index contributed by atoms with van der Waals surface area (Å²) in [7, 11) is 0. The summed E-state index contributed by atoms with van der Waals surface area (Å²) in [5, 5.41) is 11.7. The van der Waals surface area contributed by atoms with E-state index in [1.807, 2.05) is 0 Å². The fourth-order valence-corrected chi connectivity index (χ4v) is 2.56. The number of benzene rings is 2. The van der Waals surface area contributed by atoms with Crippen molar-refractivity contribution in [2.24, 2.45) is 0 Å². The normalized spacial score (nSPS) is 11.0. The van der Waals surface area contributed by atoms with Crippen molar-refractivity contribution < 1.29 is 13.5 Å². The topological polar surface area (TPSA) is 52.3 Å². The number of nitrogens with zero attached hydrogens (tertiary/aromatic N) is 4. The summed E-state index contributed by atoms with van der Waals surface area (Å²) in [5.41, 5.74) is 0.945. The molecular formula is C17H9ClF2N4O. The second-order valence-electron chi connectivity index (χ2n) is 5.13. The molecule has 2 aromatic heterocycles. The number of aromatic nitrogens is 4. The molecule has 0 spiro atoms. The summed E-state index contributed by atoms with van der Waals surface area (Å²) in [5.74, 6) is -0.556. The van der Waals surface area contributed by atoms with E-state index in [2.05, 4.69) is 15.3 Å². The molecule has 0 bridgehead atoms. The molecule has 124 valence electrons. The molecule has 0 radical (unpaired) electrons. The minimum absolute atomic E-state index is 0.0777. The fourth-order valence-electron chi connectivity index (χ4n) is 2.39. The molecule has 0 atom stereocenters. The van der Waals surface area contributed by atoms with E-state index in [-0.39, 0.29) is 28.0 Å². The van der Waals surface area contributed by atoms with Crippen molar-refractivity contribution in [3.05, 3.63) is 71.5 Å². The van der Waals surface area contributed by atoms with Crippen LogP contribution in [-0.4, -0.2) is 19.8 Å². The molecular weight excluding hydrogens is 350 g/mol. The molecule has 0 saturated carbocycles. The highest BCUT2D eigenvalue weighted by Gasteiger charge is 2.14. The van der Waals surface area contributed by atoms with Crippen molar-refractivity contribution in [1.29, 1.82) is 0 Å². The molecule has 5 nitrogen and oxygen atoms in total. The highest BCUT2D eigenvalue weighted by Crippen LogP contribution is 2.34. The first kappa shape index (κ1) is 15.5. The van der Waals surface area contributed by atoms with E-state index >= 15 is 0 Å². The van der Waals surface area contributed by atoms with E-state index < -0.39 is 11.6 Å². The van der Waals surface area contributed by atoms with Crippen LogP contribution in [0.5, 0.6) is 11.6 Å². The van der Waals surface area contributed by atoms with E-state index in [0.29, 0.717) is 5.65 Å². The Balaban J connectivity index is 1.79. The summed E-state index contributed by atoms with van der Waals surface area (Å²) >= 11 is 5.89. The molecule has 8 heteroatoms. The number of fused-ring (bicyclic) bond motifs is 1. The Bertz CT molecular complexity index is 1080. The zero-order valence-corrected chi connectivity index (χ0v) is 13.3. The first-order valence-electron chi connectivity index (χ1n) is 7.22. The molecule has 0 amide bonds. The molecule has 0 aliphatic carbocycles. The van der Waals surface area contributed by atoms with Gasteiger partial charge in [0.25, 0.3) is 0 Å². The molecule has 0 fully saturated rings. The van der Waals surface area contributed by atoms with Crippen molar-refractivity contribution in [2.75, 3.05) is 0 Å². The minimum Gasteiger partial charge on any atom is -0.437 e. The summed E-state index contributed by atoms with van der Waals surface area (Å²) in [6.07, 6.45) is 0. The molecule has 0 unspecified atom stereocenters. The van der Waals surface area contributed by atoms with Gasteiger partial charge in [-0.05, 0) is 41.9 Å². The van der Waals surface area contributed by atoms with Gasteiger partial charge in [-0.3, -0.25) is 0 Å². The third kappa shape index (κ3) is 2.89. The highest BCUT2D eigenvalue weighted by molar-refractivity contribution is 6.28. The molecule has 0 aliphatic rings. The third-order valence-electron chi connectivity index (χ3n) is 3.52. The van der Waals surface area contributed by atoms with Gasteiger partial charge in [-0.2, -0.15) is 4.52 Å². The number of rotatable bonds is 3. The molecule has 2 heterocycles. The van der Waals surface area contributed by atoms with Crippen LogP contribution in [0, 0.1) is 11.6 Å². The van der Waals surface area contributed by atoms with Crippen molar-refractivity contribution in [2.45, 2.75) is 0 Å². The smallest absolute Gasteiger partial charge is 0.246 e. The Morgan fingerprint density at radius 2 is 1.76 bits per heavy atom. The van der Waals surface area contributed by atoms with Crippen molar-refractivity contribution >= 4 is 17.2 Å². The van der Waals surface area contributed by atoms with Crippen LogP contribution in [0.2, 0.25) is 5.28 Å². The Hall–Kier alpha value is -3.06. The number of halogens is 3. The molecule has 25 heavy (non-hydrogen) atoms. The minimum atomic E-state index is -0.504.